The highest BCUT2D eigenvalue weighted by Gasteiger charge is 2.01. The van der Waals surface area contributed by atoms with Crippen molar-refractivity contribution in [3.8, 4) is 0 Å². The van der Waals surface area contributed by atoms with Crippen molar-refractivity contribution >= 4 is 5.57 Å². The molecular formula is C13H17N. The van der Waals surface area contributed by atoms with Gasteiger partial charge < -0.3 is 0 Å². The predicted molar refractivity (Wildman–Crippen MR) is 62.0 cm³/mol. The van der Waals surface area contributed by atoms with E-state index in [-0.39, 0.29) is 0 Å². The molecule has 0 amide bonds. The zero-order valence-electron chi connectivity index (χ0n) is 8.96. The lowest BCUT2D eigenvalue weighted by atomic mass is 10.0. The highest BCUT2D eigenvalue weighted by Crippen LogP contribution is 2.14. The van der Waals surface area contributed by atoms with Gasteiger partial charge in [0, 0.05) is 6.20 Å². The lowest BCUT2D eigenvalue weighted by molar-refractivity contribution is 0.646. The van der Waals surface area contributed by atoms with E-state index < -0.39 is 0 Å². The Hall–Kier alpha value is -1.37. The Morgan fingerprint density at radius 2 is 2.29 bits per heavy atom. The van der Waals surface area contributed by atoms with E-state index >= 15 is 0 Å². The van der Waals surface area contributed by atoms with Crippen LogP contribution in [-0.4, -0.2) is 4.98 Å². The fourth-order valence-electron chi connectivity index (χ4n) is 1.35. The molecule has 0 aliphatic rings. The molecule has 0 saturated carbocycles. The van der Waals surface area contributed by atoms with E-state index in [9.17, 15) is 0 Å². The molecule has 0 spiro atoms. The van der Waals surface area contributed by atoms with Gasteiger partial charge in [0.15, 0.2) is 0 Å². The van der Waals surface area contributed by atoms with Gasteiger partial charge in [-0.2, -0.15) is 0 Å². The monoisotopic (exact) mass is 187 g/mol. The second-order valence-electron chi connectivity index (χ2n) is 3.88. The molecule has 0 bridgehead atoms. The van der Waals surface area contributed by atoms with E-state index in [4.69, 9.17) is 0 Å². The van der Waals surface area contributed by atoms with E-state index in [1.807, 2.05) is 6.20 Å². The van der Waals surface area contributed by atoms with Crippen LogP contribution in [0.15, 0.2) is 37.6 Å². The minimum absolute atomic E-state index is 0.669. The molecule has 0 aliphatic heterocycles. The Kier molecular flexibility index (Phi) is 3.63. The van der Waals surface area contributed by atoms with Gasteiger partial charge in [-0.05, 0) is 35.6 Å². The van der Waals surface area contributed by atoms with Crippen molar-refractivity contribution in [3.63, 3.8) is 0 Å². The molecule has 1 rings (SSSR count). The number of nitrogens with zero attached hydrogens (tertiary/aromatic N) is 1. The third-order valence-electron chi connectivity index (χ3n) is 2.04. The first-order valence-corrected chi connectivity index (χ1v) is 4.90. The number of hydrogen-bond acceptors (Lipinski definition) is 1. The Morgan fingerprint density at radius 3 is 2.86 bits per heavy atom. The van der Waals surface area contributed by atoms with Gasteiger partial charge in [0.2, 0.25) is 0 Å². The van der Waals surface area contributed by atoms with Crippen LogP contribution in [0.25, 0.3) is 5.57 Å². The summed E-state index contributed by atoms with van der Waals surface area (Å²) in [6.45, 7) is 12.0. The average molecular weight is 187 g/mol. The van der Waals surface area contributed by atoms with Crippen molar-refractivity contribution in [1.82, 2.24) is 4.98 Å². The van der Waals surface area contributed by atoms with E-state index in [1.165, 1.54) is 5.56 Å². The number of aromatic nitrogens is 1. The van der Waals surface area contributed by atoms with Crippen molar-refractivity contribution in [1.29, 1.82) is 0 Å². The van der Waals surface area contributed by atoms with Crippen molar-refractivity contribution < 1.29 is 0 Å². The molecule has 1 heterocycles. The quantitative estimate of drug-likeness (QED) is 0.658. The van der Waals surface area contributed by atoms with Crippen LogP contribution >= 0.6 is 0 Å². The summed E-state index contributed by atoms with van der Waals surface area (Å²) in [5.74, 6) is 0.669. The van der Waals surface area contributed by atoms with Crippen molar-refractivity contribution in [3.05, 3.63) is 48.8 Å². The van der Waals surface area contributed by atoms with Crippen LogP contribution in [0, 0.1) is 5.92 Å². The maximum atomic E-state index is 4.25. The second kappa shape index (κ2) is 4.75. The smallest absolute Gasteiger partial charge is 0.0698 e. The van der Waals surface area contributed by atoms with Gasteiger partial charge in [-0.15, -0.1) is 0 Å². The van der Waals surface area contributed by atoms with Crippen LogP contribution in [0.5, 0.6) is 0 Å². The Labute approximate surface area is 86.2 Å². The highest BCUT2D eigenvalue weighted by atomic mass is 14.7. The summed E-state index contributed by atoms with van der Waals surface area (Å²) in [6, 6.07) is 4.14. The largest absolute Gasteiger partial charge is 0.256 e. The molecule has 0 saturated heterocycles. The summed E-state index contributed by atoms with van der Waals surface area (Å²) < 4.78 is 0. The summed E-state index contributed by atoms with van der Waals surface area (Å²) in [7, 11) is 0. The molecule has 1 heteroatoms. The fourth-order valence-corrected chi connectivity index (χ4v) is 1.35. The third kappa shape index (κ3) is 2.84. The van der Waals surface area contributed by atoms with Crippen LogP contribution in [0.2, 0.25) is 0 Å². The van der Waals surface area contributed by atoms with Crippen LogP contribution in [0.3, 0.4) is 0 Å². The predicted octanol–water partition coefficient (Wildman–Crippen LogP) is 3.48. The van der Waals surface area contributed by atoms with Gasteiger partial charge in [-0.25, -0.2) is 0 Å². The zero-order valence-corrected chi connectivity index (χ0v) is 8.96. The number of rotatable bonds is 4. The summed E-state index contributed by atoms with van der Waals surface area (Å²) in [5.41, 5.74) is 3.13. The van der Waals surface area contributed by atoms with Crippen molar-refractivity contribution in [2.24, 2.45) is 5.92 Å². The third-order valence-corrected chi connectivity index (χ3v) is 2.04. The highest BCUT2D eigenvalue weighted by molar-refractivity contribution is 5.68. The average Bonchev–Trinajstić information content (AvgIpc) is 2.16. The molecule has 0 unspecified atom stereocenters. The lowest BCUT2D eigenvalue weighted by Gasteiger charge is -2.06. The Bertz CT molecular complexity index is 337. The molecule has 14 heavy (non-hydrogen) atoms. The molecule has 0 atom stereocenters. The van der Waals surface area contributed by atoms with Crippen LogP contribution < -0.4 is 0 Å². The maximum Gasteiger partial charge on any atom is 0.0698 e. The van der Waals surface area contributed by atoms with Crippen LogP contribution in [0.1, 0.15) is 25.1 Å². The summed E-state index contributed by atoms with van der Waals surface area (Å²) in [5, 5.41) is 0. The van der Waals surface area contributed by atoms with E-state index in [2.05, 4.69) is 44.1 Å². The molecule has 0 N–H and O–H groups in total. The second-order valence-corrected chi connectivity index (χ2v) is 3.88. The van der Waals surface area contributed by atoms with E-state index in [1.54, 1.807) is 6.08 Å². The van der Waals surface area contributed by atoms with Crippen LogP contribution in [0.4, 0.5) is 0 Å². The van der Waals surface area contributed by atoms with Gasteiger partial charge in [0.25, 0.3) is 0 Å². The molecule has 0 aromatic carbocycles. The number of hydrogen-bond donors (Lipinski definition) is 0. The Balaban J connectivity index is 2.89. The van der Waals surface area contributed by atoms with E-state index in [0.717, 1.165) is 17.7 Å². The first-order chi connectivity index (χ1) is 6.63. The molecule has 0 radical (unpaired) electrons. The first-order valence-electron chi connectivity index (χ1n) is 4.90. The summed E-state index contributed by atoms with van der Waals surface area (Å²) in [4.78, 5) is 4.25. The zero-order chi connectivity index (χ0) is 10.6. The minimum Gasteiger partial charge on any atom is -0.256 e. The Morgan fingerprint density at radius 1 is 1.57 bits per heavy atom. The maximum absolute atomic E-state index is 4.25. The van der Waals surface area contributed by atoms with Gasteiger partial charge >= 0.3 is 0 Å². The SMILES string of the molecule is C=CC(=C)c1cc(CC(C)C)ccn1. The first kappa shape index (κ1) is 10.7. The number of allylic oxidation sites excluding steroid dienone is 2. The number of pyridine rings is 1. The normalized spacial score (nSPS) is 10.2. The van der Waals surface area contributed by atoms with Crippen molar-refractivity contribution in [2.75, 3.05) is 0 Å². The van der Waals surface area contributed by atoms with Crippen LogP contribution in [-0.2, 0) is 6.42 Å². The van der Waals surface area contributed by atoms with E-state index in [0.29, 0.717) is 5.92 Å². The molecule has 1 aromatic heterocycles. The molecular weight excluding hydrogens is 170 g/mol. The molecule has 0 fully saturated rings. The molecule has 0 aliphatic carbocycles. The van der Waals surface area contributed by atoms with Gasteiger partial charge in [0.05, 0.1) is 5.69 Å². The molecule has 1 nitrogen and oxygen atoms in total. The standard InChI is InChI=1S/C13H17N/c1-5-11(4)13-9-12(6-7-14-13)8-10(2)3/h5-7,9-10H,1,4,8H2,2-3H3. The van der Waals surface area contributed by atoms with Crippen molar-refractivity contribution in [2.45, 2.75) is 20.3 Å². The van der Waals surface area contributed by atoms with Gasteiger partial charge in [-0.3, -0.25) is 4.98 Å². The summed E-state index contributed by atoms with van der Waals surface area (Å²) in [6.07, 6.45) is 4.66. The fraction of sp³-hybridized carbons (Fsp3) is 0.308. The molecule has 1 aromatic rings. The lowest BCUT2D eigenvalue weighted by Crippen LogP contribution is -1.96. The van der Waals surface area contributed by atoms with Gasteiger partial charge in [0.1, 0.15) is 0 Å². The summed E-state index contributed by atoms with van der Waals surface area (Å²) >= 11 is 0. The minimum atomic E-state index is 0.669. The van der Waals surface area contributed by atoms with Gasteiger partial charge in [-0.1, -0.05) is 33.1 Å². The molecule has 74 valence electrons. The topological polar surface area (TPSA) is 12.9 Å².